The van der Waals surface area contributed by atoms with Crippen molar-refractivity contribution < 1.29 is 9.27 Å². The zero-order valence-corrected chi connectivity index (χ0v) is 5.56. The lowest BCUT2D eigenvalue weighted by Gasteiger charge is -1.86. The van der Waals surface area contributed by atoms with E-state index >= 15 is 0 Å². The van der Waals surface area contributed by atoms with E-state index in [1.165, 1.54) is 0 Å². The maximum absolute atomic E-state index is 12.6. The second-order valence-corrected chi connectivity index (χ2v) is 2.09. The van der Waals surface area contributed by atoms with Crippen molar-refractivity contribution in [3.05, 3.63) is 29.6 Å². The first-order chi connectivity index (χ1) is 4.22. The second kappa shape index (κ2) is 2.13. The maximum atomic E-state index is 12.6. The van der Waals surface area contributed by atoms with Gasteiger partial charge in [-0.05, 0) is 6.07 Å². The molecule has 0 aliphatic rings. The van der Waals surface area contributed by atoms with E-state index in [0.29, 0.717) is 16.2 Å². The van der Waals surface area contributed by atoms with Gasteiger partial charge in [-0.15, -0.1) is 0 Å². The van der Waals surface area contributed by atoms with Crippen LogP contribution in [-0.2, 0) is 0 Å². The Labute approximate surface area is 53.7 Å². The van der Waals surface area contributed by atoms with Crippen LogP contribution in [0.2, 0.25) is 0 Å². The molecular formula is C7H9FN+. The van der Waals surface area contributed by atoms with Gasteiger partial charge in [-0.3, -0.25) is 0 Å². The zero-order chi connectivity index (χ0) is 6.85. The molecule has 1 aromatic rings. The Morgan fingerprint density at radius 1 is 1.22 bits per heavy atom. The molecule has 0 spiro atoms. The molecule has 0 radical (unpaired) electrons. The Balaban J connectivity index is 3.25. The topological polar surface area (TPSA) is 3.88 Å². The molecular weight excluding hydrogens is 117 g/mol. The Kier molecular flexibility index (Phi) is 1.47. The minimum Gasteiger partial charge on any atom is -0.0495 e. The standard InChI is InChI=1S/C7H9FN/c1-6-4-3-5-7(2)9(6)8/h3-5H,1-2H3/q+1. The number of hydrogen-bond donors (Lipinski definition) is 0. The van der Waals surface area contributed by atoms with Crippen LogP contribution >= 0.6 is 0 Å². The number of hydrogen-bond acceptors (Lipinski definition) is 0. The summed E-state index contributed by atoms with van der Waals surface area (Å²) in [7, 11) is 0. The predicted octanol–water partition coefficient (Wildman–Crippen LogP) is 1.32. The lowest BCUT2D eigenvalue weighted by Crippen LogP contribution is -2.29. The van der Waals surface area contributed by atoms with Gasteiger partial charge in [0.2, 0.25) is 11.4 Å². The van der Waals surface area contributed by atoms with Gasteiger partial charge in [0.1, 0.15) is 0 Å². The number of halogens is 1. The fraction of sp³-hybridized carbons (Fsp3) is 0.286. The molecule has 0 aliphatic carbocycles. The molecule has 0 N–H and O–H groups in total. The lowest BCUT2D eigenvalue weighted by molar-refractivity contribution is -0.852. The smallest absolute Gasteiger partial charge is 0.0495 e. The van der Waals surface area contributed by atoms with Crippen LogP contribution in [0.1, 0.15) is 11.4 Å². The van der Waals surface area contributed by atoms with Gasteiger partial charge in [-0.2, -0.15) is 0 Å². The highest BCUT2D eigenvalue weighted by molar-refractivity contribution is 5.00. The highest BCUT2D eigenvalue weighted by atomic mass is 19.2. The lowest BCUT2D eigenvalue weighted by atomic mass is 10.3. The number of rotatable bonds is 0. The van der Waals surface area contributed by atoms with Gasteiger partial charge in [0, 0.05) is 30.8 Å². The molecule has 0 amide bonds. The first-order valence-electron chi connectivity index (χ1n) is 2.86. The van der Waals surface area contributed by atoms with E-state index in [1.54, 1.807) is 26.0 Å². The van der Waals surface area contributed by atoms with Crippen LogP contribution in [0.3, 0.4) is 0 Å². The van der Waals surface area contributed by atoms with Crippen molar-refractivity contribution in [2.24, 2.45) is 0 Å². The van der Waals surface area contributed by atoms with E-state index in [0.717, 1.165) is 0 Å². The minimum atomic E-state index is 0.634. The zero-order valence-electron chi connectivity index (χ0n) is 5.56. The van der Waals surface area contributed by atoms with Crippen LogP contribution in [0, 0.1) is 13.8 Å². The van der Waals surface area contributed by atoms with Gasteiger partial charge in [-0.1, -0.05) is 0 Å². The highest BCUT2D eigenvalue weighted by Gasteiger charge is 2.07. The van der Waals surface area contributed by atoms with Crippen molar-refractivity contribution in [2.75, 3.05) is 0 Å². The Bertz CT molecular complexity index is 200. The molecule has 48 valence electrons. The molecule has 0 unspecified atom stereocenters. The molecule has 0 aromatic carbocycles. The molecule has 0 aliphatic heterocycles. The van der Waals surface area contributed by atoms with E-state index < -0.39 is 0 Å². The van der Waals surface area contributed by atoms with E-state index in [2.05, 4.69) is 0 Å². The fourth-order valence-electron chi connectivity index (χ4n) is 0.736. The summed E-state index contributed by atoms with van der Waals surface area (Å²) in [6.07, 6.45) is 0. The van der Waals surface area contributed by atoms with Gasteiger partial charge < -0.3 is 0 Å². The van der Waals surface area contributed by atoms with Crippen molar-refractivity contribution in [3.63, 3.8) is 0 Å². The van der Waals surface area contributed by atoms with Crippen LogP contribution in [-0.4, -0.2) is 0 Å². The monoisotopic (exact) mass is 126 g/mol. The van der Waals surface area contributed by atoms with Gasteiger partial charge in [0.25, 0.3) is 0 Å². The summed E-state index contributed by atoms with van der Waals surface area (Å²) in [6.45, 7) is 3.46. The Morgan fingerprint density at radius 2 is 1.67 bits per heavy atom. The van der Waals surface area contributed by atoms with Crippen LogP contribution in [0.25, 0.3) is 0 Å². The Hall–Kier alpha value is -0.920. The van der Waals surface area contributed by atoms with Crippen LogP contribution in [0.15, 0.2) is 18.2 Å². The molecule has 0 bridgehead atoms. The summed E-state index contributed by atoms with van der Waals surface area (Å²) < 4.78 is 12.6. The SMILES string of the molecule is Cc1cccc(C)[n+]1F. The fourth-order valence-corrected chi connectivity index (χ4v) is 0.736. The average molecular weight is 126 g/mol. The van der Waals surface area contributed by atoms with E-state index in [1.807, 2.05) is 6.07 Å². The van der Waals surface area contributed by atoms with Crippen molar-refractivity contribution in [3.8, 4) is 0 Å². The molecule has 0 atom stereocenters. The van der Waals surface area contributed by atoms with Gasteiger partial charge in [-0.25, -0.2) is 0 Å². The van der Waals surface area contributed by atoms with Crippen LogP contribution < -0.4 is 4.79 Å². The summed E-state index contributed by atoms with van der Waals surface area (Å²) in [5.74, 6) is 0. The van der Waals surface area contributed by atoms with Gasteiger partial charge in [0.05, 0.1) is 4.48 Å². The summed E-state index contributed by atoms with van der Waals surface area (Å²) in [5.41, 5.74) is 1.27. The molecule has 1 rings (SSSR count). The molecule has 9 heavy (non-hydrogen) atoms. The van der Waals surface area contributed by atoms with E-state index in [9.17, 15) is 4.48 Å². The maximum Gasteiger partial charge on any atom is 0.227 e. The molecule has 1 heterocycles. The number of aromatic nitrogens is 1. The number of nitrogens with zero attached hydrogens (tertiary/aromatic N) is 1. The van der Waals surface area contributed by atoms with E-state index in [4.69, 9.17) is 0 Å². The van der Waals surface area contributed by atoms with Crippen LogP contribution in [0.4, 0.5) is 4.48 Å². The molecule has 0 saturated carbocycles. The predicted molar refractivity (Wildman–Crippen MR) is 32.6 cm³/mol. The first kappa shape index (κ1) is 6.20. The molecule has 1 nitrogen and oxygen atoms in total. The molecule has 0 fully saturated rings. The quantitative estimate of drug-likeness (QED) is 0.493. The number of pyridine rings is 1. The largest absolute Gasteiger partial charge is 0.227 e. The third-order valence-corrected chi connectivity index (χ3v) is 1.29. The number of aryl methyl sites for hydroxylation is 2. The van der Waals surface area contributed by atoms with Crippen molar-refractivity contribution in [1.29, 1.82) is 0 Å². The third kappa shape index (κ3) is 1.07. The Morgan fingerprint density at radius 3 is 2.00 bits per heavy atom. The molecule has 0 saturated heterocycles. The highest BCUT2D eigenvalue weighted by Crippen LogP contribution is 1.92. The van der Waals surface area contributed by atoms with Crippen molar-refractivity contribution >= 4 is 0 Å². The van der Waals surface area contributed by atoms with Crippen LogP contribution in [0.5, 0.6) is 0 Å². The van der Waals surface area contributed by atoms with Crippen molar-refractivity contribution in [1.82, 2.24) is 0 Å². The third-order valence-electron chi connectivity index (χ3n) is 1.29. The second-order valence-electron chi connectivity index (χ2n) is 2.09. The minimum absolute atomic E-state index is 0.634. The summed E-state index contributed by atoms with van der Waals surface area (Å²) in [4.78, 5) is 0.667. The normalized spacial score (nSPS) is 9.67. The average Bonchev–Trinajstić information content (AvgIpc) is 1.83. The molecule has 2 heteroatoms. The molecule has 1 aromatic heterocycles. The summed E-state index contributed by atoms with van der Waals surface area (Å²) in [6, 6.07) is 5.29. The summed E-state index contributed by atoms with van der Waals surface area (Å²) >= 11 is 0. The first-order valence-corrected chi connectivity index (χ1v) is 2.86. The van der Waals surface area contributed by atoms with Gasteiger partial charge >= 0.3 is 0 Å². The van der Waals surface area contributed by atoms with Crippen molar-refractivity contribution in [2.45, 2.75) is 13.8 Å². The van der Waals surface area contributed by atoms with E-state index in [-0.39, 0.29) is 0 Å². The summed E-state index contributed by atoms with van der Waals surface area (Å²) in [5, 5.41) is 0. The van der Waals surface area contributed by atoms with Gasteiger partial charge in [0.15, 0.2) is 0 Å².